The topological polar surface area (TPSA) is 87.7 Å². The summed E-state index contributed by atoms with van der Waals surface area (Å²) in [6.07, 6.45) is 2.54. The predicted octanol–water partition coefficient (Wildman–Crippen LogP) is 2.10. The number of amides is 2. The van der Waals surface area contributed by atoms with Crippen molar-refractivity contribution in [3.05, 3.63) is 42.5 Å². The van der Waals surface area contributed by atoms with Crippen molar-refractivity contribution in [3.8, 4) is 0 Å². The molecule has 20 heavy (non-hydrogen) atoms. The first-order valence-corrected chi connectivity index (χ1v) is 6.20. The van der Waals surface area contributed by atoms with Crippen molar-refractivity contribution >= 4 is 17.7 Å². The number of ether oxygens (including phenoxy) is 1. The Hall–Kier alpha value is -2.34. The lowest BCUT2D eigenvalue weighted by atomic mass is 10.2. The molecule has 0 aromatic heterocycles. The quantitative estimate of drug-likeness (QED) is 0.502. The second-order valence-corrected chi connectivity index (χ2v) is 3.95. The summed E-state index contributed by atoms with van der Waals surface area (Å²) in [6, 6.07) is 5.56. The van der Waals surface area contributed by atoms with Gasteiger partial charge in [-0.15, -0.1) is 6.58 Å². The average Bonchev–Trinajstić information content (AvgIpc) is 2.43. The van der Waals surface area contributed by atoms with Crippen molar-refractivity contribution in [2.75, 3.05) is 25.1 Å². The van der Waals surface area contributed by atoms with E-state index in [1.807, 2.05) is 0 Å². The van der Waals surface area contributed by atoms with Gasteiger partial charge in [0.2, 0.25) is 0 Å². The van der Waals surface area contributed by atoms with Crippen LogP contribution in [0.25, 0.3) is 0 Å². The fourth-order valence-corrected chi connectivity index (χ4v) is 1.38. The molecule has 3 N–H and O–H groups in total. The molecule has 1 aromatic rings. The molecule has 1 aromatic carbocycles. The Kier molecular flexibility index (Phi) is 6.84. The third kappa shape index (κ3) is 6.01. The molecule has 0 aliphatic heterocycles. The third-order valence-corrected chi connectivity index (χ3v) is 2.39. The van der Waals surface area contributed by atoms with Gasteiger partial charge in [0.1, 0.15) is 0 Å². The molecule has 0 atom stereocenters. The summed E-state index contributed by atoms with van der Waals surface area (Å²) in [5, 5.41) is 14.0. The van der Waals surface area contributed by atoms with Gasteiger partial charge in [-0.2, -0.15) is 0 Å². The van der Waals surface area contributed by atoms with Crippen molar-refractivity contribution in [2.24, 2.45) is 0 Å². The number of urea groups is 1. The normalized spacial score (nSPS) is 9.80. The zero-order valence-electron chi connectivity index (χ0n) is 11.1. The van der Waals surface area contributed by atoms with Gasteiger partial charge >= 0.3 is 12.0 Å². The Bertz CT molecular complexity index is 457. The molecule has 6 nitrogen and oxygen atoms in total. The highest BCUT2D eigenvalue weighted by molar-refractivity contribution is 5.91. The Morgan fingerprint density at radius 2 is 1.95 bits per heavy atom. The molecule has 0 aliphatic rings. The smallest absolute Gasteiger partial charge is 0.335 e. The van der Waals surface area contributed by atoms with Gasteiger partial charge in [0.05, 0.1) is 18.8 Å². The molecular weight excluding hydrogens is 260 g/mol. The lowest BCUT2D eigenvalue weighted by molar-refractivity contribution is 0.0697. The Morgan fingerprint density at radius 1 is 1.25 bits per heavy atom. The van der Waals surface area contributed by atoms with Gasteiger partial charge in [0.15, 0.2) is 0 Å². The molecule has 0 spiro atoms. The van der Waals surface area contributed by atoms with Crippen LogP contribution < -0.4 is 10.6 Å². The van der Waals surface area contributed by atoms with Crippen LogP contribution in [-0.2, 0) is 4.74 Å². The lowest BCUT2D eigenvalue weighted by Gasteiger charge is -2.08. The first-order valence-electron chi connectivity index (χ1n) is 6.20. The number of nitrogens with one attached hydrogen (secondary N) is 2. The van der Waals surface area contributed by atoms with Crippen LogP contribution in [0.4, 0.5) is 10.5 Å². The third-order valence-electron chi connectivity index (χ3n) is 2.39. The van der Waals surface area contributed by atoms with Crippen LogP contribution >= 0.6 is 0 Å². The minimum atomic E-state index is -1.00. The summed E-state index contributed by atoms with van der Waals surface area (Å²) < 4.78 is 5.24. The van der Waals surface area contributed by atoms with Crippen molar-refractivity contribution in [1.82, 2.24) is 5.32 Å². The van der Waals surface area contributed by atoms with Gasteiger partial charge in [-0.1, -0.05) is 6.08 Å². The summed E-state index contributed by atoms with van der Waals surface area (Å²) in [5.41, 5.74) is 0.701. The predicted molar refractivity (Wildman–Crippen MR) is 76.1 cm³/mol. The summed E-state index contributed by atoms with van der Waals surface area (Å²) in [6.45, 7) is 4.99. The highest BCUT2D eigenvalue weighted by atomic mass is 16.5. The summed E-state index contributed by atoms with van der Waals surface area (Å²) in [7, 11) is 0. The molecule has 0 saturated heterocycles. The van der Waals surface area contributed by atoms with Crippen LogP contribution in [-0.4, -0.2) is 36.9 Å². The van der Waals surface area contributed by atoms with Crippen molar-refractivity contribution in [2.45, 2.75) is 6.42 Å². The van der Waals surface area contributed by atoms with E-state index in [-0.39, 0.29) is 11.6 Å². The van der Waals surface area contributed by atoms with E-state index in [2.05, 4.69) is 17.2 Å². The van der Waals surface area contributed by atoms with E-state index in [1.54, 1.807) is 6.08 Å². The van der Waals surface area contributed by atoms with Gasteiger partial charge in [0, 0.05) is 12.2 Å². The van der Waals surface area contributed by atoms with Gasteiger partial charge in [-0.05, 0) is 30.7 Å². The Balaban J connectivity index is 2.24. The van der Waals surface area contributed by atoms with E-state index in [9.17, 15) is 9.59 Å². The zero-order valence-corrected chi connectivity index (χ0v) is 11.1. The van der Waals surface area contributed by atoms with Crippen molar-refractivity contribution in [3.63, 3.8) is 0 Å². The number of carbonyl (C=O) groups is 2. The molecule has 0 saturated carbocycles. The number of carboxylic acid groups (broad SMARTS) is 1. The summed E-state index contributed by atoms with van der Waals surface area (Å²) in [4.78, 5) is 22.2. The molecular formula is C14H18N2O4. The molecule has 0 fully saturated rings. The van der Waals surface area contributed by atoms with E-state index in [0.29, 0.717) is 25.4 Å². The van der Waals surface area contributed by atoms with Crippen LogP contribution in [0.1, 0.15) is 16.8 Å². The van der Waals surface area contributed by atoms with E-state index in [1.165, 1.54) is 24.3 Å². The van der Waals surface area contributed by atoms with Crippen LogP contribution in [0, 0.1) is 0 Å². The zero-order chi connectivity index (χ0) is 14.8. The minimum Gasteiger partial charge on any atom is -0.478 e. The molecule has 0 bridgehead atoms. The van der Waals surface area contributed by atoms with Gasteiger partial charge in [0.25, 0.3) is 0 Å². The molecule has 0 radical (unpaired) electrons. The van der Waals surface area contributed by atoms with E-state index in [4.69, 9.17) is 9.84 Å². The molecule has 1 rings (SSSR count). The maximum atomic E-state index is 11.5. The van der Waals surface area contributed by atoms with Crippen LogP contribution in [0.5, 0.6) is 0 Å². The van der Waals surface area contributed by atoms with Crippen LogP contribution in [0.3, 0.4) is 0 Å². The lowest BCUT2D eigenvalue weighted by Crippen LogP contribution is -2.31. The molecule has 0 aliphatic carbocycles. The maximum Gasteiger partial charge on any atom is 0.335 e. The molecule has 0 heterocycles. The summed E-state index contributed by atoms with van der Waals surface area (Å²) >= 11 is 0. The standard InChI is InChI=1S/C14H18N2O4/c1-2-3-9-20-10-8-15-14(19)16-12-6-4-11(5-7-12)13(17)18/h2,4-7H,1,3,8-10H2,(H,17,18)(H2,15,16,19). The monoisotopic (exact) mass is 278 g/mol. The van der Waals surface area contributed by atoms with Crippen molar-refractivity contribution < 1.29 is 19.4 Å². The SMILES string of the molecule is C=CCCOCCNC(=O)Nc1ccc(C(=O)O)cc1. The first-order chi connectivity index (χ1) is 9.63. The van der Waals surface area contributed by atoms with E-state index < -0.39 is 5.97 Å². The van der Waals surface area contributed by atoms with Crippen LogP contribution in [0.15, 0.2) is 36.9 Å². The summed E-state index contributed by atoms with van der Waals surface area (Å²) in [5.74, 6) is -1.00. The highest BCUT2D eigenvalue weighted by Crippen LogP contribution is 2.09. The number of carboxylic acids is 1. The number of hydrogen-bond acceptors (Lipinski definition) is 3. The maximum absolute atomic E-state index is 11.5. The fraction of sp³-hybridized carbons (Fsp3) is 0.286. The molecule has 6 heteroatoms. The minimum absolute atomic E-state index is 0.173. The second-order valence-electron chi connectivity index (χ2n) is 3.95. The number of hydrogen-bond donors (Lipinski definition) is 3. The van der Waals surface area contributed by atoms with Gasteiger partial charge in [-0.25, -0.2) is 9.59 Å². The number of benzene rings is 1. The number of anilines is 1. The fourth-order valence-electron chi connectivity index (χ4n) is 1.38. The van der Waals surface area contributed by atoms with Gasteiger partial charge < -0.3 is 20.5 Å². The van der Waals surface area contributed by atoms with Gasteiger partial charge in [-0.3, -0.25) is 0 Å². The second kappa shape index (κ2) is 8.71. The van der Waals surface area contributed by atoms with Crippen LogP contribution in [0.2, 0.25) is 0 Å². The van der Waals surface area contributed by atoms with E-state index >= 15 is 0 Å². The molecule has 0 unspecified atom stereocenters. The Labute approximate surface area is 117 Å². The average molecular weight is 278 g/mol. The largest absolute Gasteiger partial charge is 0.478 e. The number of carbonyl (C=O) groups excluding carboxylic acids is 1. The Morgan fingerprint density at radius 3 is 2.55 bits per heavy atom. The highest BCUT2D eigenvalue weighted by Gasteiger charge is 2.04. The van der Waals surface area contributed by atoms with E-state index in [0.717, 1.165) is 6.42 Å². The first kappa shape index (κ1) is 15.7. The number of rotatable bonds is 8. The van der Waals surface area contributed by atoms with Crippen molar-refractivity contribution in [1.29, 1.82) is 0 Å². The number of aromatic carboxylic acids is 1. The molecule has 108 valence electrons. The molecule has 2 amide bonds.